The fourth-order valence-corrected chi connectivity index (χ4v) is 2.78. The summed E-state index contributed by atoms with van der Waals surface area (Å²) < 4.78 is 26.7. The second-order valence-electron chi connectivity index (χ2n) is 5.67. The van der Waals surface area contributed by atoms with Gasteiger partial charge in [-0.3, -0.25) is 14.3 Å². The molecule has 1 N–H and O–H groups in total. The molecule has 2 heterocycles. The van der Waals surface area contributed by atoms with Crippen molar-refractivity contribution < 1.29 is 18.7 Å². The second kappa shape index (κ2) is 7.02. The van der Waals surface area contributed by atoms with Gasteiger partial charge in [-0.25, -0.2) is 14.0 Å². The molecule has 8 heteroatoms. The third kappa shape index (κ3) is 3.39. The van der Waals surface area contributed by atoms with E-state index in [2.05, 4.69) is 0 Å². The largest absolute Gasteiger partial charge is 0.453 e. The number of esters is 1. The number of alkyl halides is 1. The predicted molar refractivity (Wildman–Crippen MR) is 86.1 cm³/mol. The molecular formula is C17H17FN2O5. The van der Waals surface area contributed by atoms with Crippen molar-refractivity contribution >= 4 is 5.97 Å². The first-order valence-corrected chi connectivity index (χ1v) is 7.88. The lowest BCUT2D eigenvalue weighted by atomic mass is 10.1. The van der Waals surface area contributed by atoms with Gasteiger partial charge in [-0.15, -0.1) is 0 Å². The molecule has 0 spiro atoms. The van der Waals surface area contributed by atoms with Gasteiger partial charge in [0.25, 0.3) is 5.56 Å². The lowest BCUT2D eigenvalue weighted by molar-refractivity contribution is -0.0327. The Labute approximate surface area is 142 Å². The van der Waals surface area contributed by atoms with Crippen LogP contribution in [-0.2, 0) is 9.47 Å². The summed E-state index contributed by atoms with van der Waals surface area (Å²) in [4.78, 5) is 37.3. The van der Waals surface area contributed by atoms with Crippen LogP contribution in [0.2, 0.25) is 0 Å². The molecule has 0 amide bonds. The van der Waals surface area contributed by atoms with E-state index in [1.807, 2.05) is 4.98 Å². The van der Waals surface area contributed by atoms with E-state index in [0.29, 0.717) is 12.0 Å². The smallest absolute Gasteiger partial charge is 0.338 e. The summed E-state index contributed by atoms with van der Waals surface area (Å²) in [5.74, 6) is -0.662. The van der Waals surface area contributed by atoms with Crippen LogP contribution in [0.3, 0.4) is 0 Å². The Balaban J connectivity index is 1.84. The molecule has 3 rings (SSSR count). The molecule has 0 saturated carbocycles. The van der Waals surface area contributed by atoms with Crippen LogP contribution in [-0.4, -0.2) is 33.9 Å². The minimum Gasteiger partial charge on any atom is -0.453 e. The van der Waals surface area contributed by atoms with Crippen molar-refractivity contribution in [3.8, 4) is 0 Å². The fourth-order valence-electron chi connectivity index (χ4n) is 2.78. The molecule has 1 aliphatic rings. The summed E-state index contributed by atoms with van der Waals surface area (Å²) in [7, 11) is 0. The molecule has 1 aliphatic heterocycles. The van der Waals surface area contributed by atoms with Crippen molar-refractivity contribution in [2.24, 2.45) is 0 Å². The van der Waals surface area contributed by atoms with Crippen LogP contribution in [0.1, 0.15) is 29.9 Å². The zero-order chi connectivity index (χ0) is 18.0. The van der Waals surface area contributed by atoms with Gasteiger partial charge in [0.15, 0.2) is 18.5 Å². The van der Waals surface area contributed by atoms with Crippen LogP contribution in [0.5, 0.6) is 0 Å². The van der Waals surface area contributed by atoms with Gasteiger partial charge in [-0.2, -0.15) is 0 Å². The number of nitrogens with one attached hydrogen (secondary N) is 1. The van der Waals surface area contributed by atoms with E-state index in [-0.39, 0.29) is 0 Å². The zero-order valence-corrected chi connectivity index (χ0v) is 13.4. The van der Waals surface area contributed by atoms with Crippen molar-refractivity contribution in [3.05, 3.63) is 69.0 Å². The first-order chi connectivity index (χ1) is 12.0. The number of H-pyrrole nitrogens is 1. The lowest BCUT2D eigenvalue weighted by Crippen LogP contribution is -2.37. The van der Waals surface area contributed by atoms with Crippen LogP contribution in [0, 0.1) is 0 Å². The van der Waals surface area contributed by atoms with Crippen LogP contribution in [0.4, 0.5) is 4.39 Å². The highest BCUT2D eigenvalue weighted by atomic mass is 19.1. The van der Waals surface area contributed by atoms with Crippen LogP contribution < -0.4 is 11.2 Å². The van der Waals surface area contributed by atoms with E-state index in [9.17, 15) is 18.8 Å². The van der Waals surface area contributed by atoms with Gasteiger partial charge in [-0.05, 0) is 18.6 Å². The molecule has 1 aromatic carbocycles. The van der Waals surface area contributed by atoms with E-state index >= 15 is 0 Å². The zero-order valence-electron chi connectivity index (χ0n) is 13.4. The van der Waals surface area contributed by atoms with Crippen LogP contribution in [0.15, 0.2) is 52.2 Å². The molecule has 0 radical (unpaired) electrons. The number of hydrogen-bond donors (Lipinski definition) is 1. The summed E-state index contributed by atoms with van der Waals surface area (Å²) in [6.45, 7) is 1.76. The first-order valence-electron chi connectivity index (χ1n) is 7.88. The molecule has 1 saturated heterocycles. The first kappa shape index (κ1) is 17.1. The highest BCUT2D eigenvalue weighted by Gasteiger charge is 2.48. The van der Waals surface area contributed by atoms with Gasteiger partial charge in [-0.1, -0.05) is 25.1 Å². The Kier molecular flexibility index (Phi) is 4.80. The maximum Gasteiger partial charge on any atom is 0.338 e. The van der Waals surface area contributed by atoms with Crippen molar-refractivity contribution in [3.63, 3.8) is 0 Å². The second-order valence-corrected chi connectivity index (χ2v) is 5.67. The summed E-state index contributed by atoms with van der Waals surface area (Å²) >= 11 is 0. The number of carbonyl (C=O) groups is 1. The summed E-state index contributed by atoms with van der Waals surface area (Å²) in [6, 6.07) is 9.33. The lowest BCUT2D eigenvalue weighted by Gasteiger charge is -2.18. The molecular weight excluding hydrogens is 331 g/mol. The Bertz CT molecular complexity index is 863. The number of aromatic amines is 1. The standard InChI is InChI=1S/C17H17FN2O5/c1-2-11-14(25-16(22)10-6-4-3-5-7-10)13(18)15(24-11)20-9-8-12(21)19-17(20)23/h3-9,11,13-15H,2H2,1H3,(H,19,21,23)/t11-,13+,14?,15-/m1/s1. The Morgan fingerprint density at radius 1 is 1.28 bits per heavy atom. The van der Waals surface area contributed by atoms with E-state index in [1.165, 1.54) is 0 Å². The Hall–Kier alpha value is -2.74. The highest BCUT2D eigenvalue weighted by molar-refractivity contribution is 5.89. The van der Waals surface area contributed by atoms with Crippen molar-refractivity contribution in [1.29, 1.82) is 0 Å². The maximum atomic E-state index is 14.9. The average Bonchev–Trinajstić information content (AvgIpc) is 2.92. The molecule has 0 bridgehead atoms. The predicted octanol–water partition coefficient (Wildman–Crippen LogP) is 1.41. The van der Waals surface area contributed by atoms with Crippen LogP contribution >= 0.6 is 0 Å². The molecule has 1 aromatic heterocycles. The number of benzene rings is 1. The number of aromatic nitrogens is 2. The minimum absolute atomic E-state index is 0.300. The molecule has 4 atom stereocenters. The SMILES string of the molecule is CC[C@H]1O[C@@H](n2ccc(=O)[nH]c2=O)[C@@H](F)C1OC(=O)c1ccccc1. The number of halogens is 1. The molecule has 0 aliphatic carbocycles. The molecule has 7 nitrogen and oxygen atoms in total. The molecule has 2 aromatic rings. The normalized spacial score (nSPS) is 25.7. The summed E-state index contributed by atoms with van der Waals surface area (Å²) in [6.07, 6.45) is -3.33. The third-order valence-corrected chi connectivity index (χ3v) is 4.05. The minimum atomic E-state index is -1.75. The van der Waals surface area contributed by atoms with Gasteiger partial charge in [0.2, 0.25) is 0 Å². The molecule has 1 unspecified atom stereocenters. The number of nitrogens with zero attached hydrogens (tertiary/aromatic N) is 1. The summed E-state index contributed by atoms with van der Waals surface area (Å²) in [5.41, 5.74) is -1.08. The monoisotopic (exact) mass is 348 g/mol. The quantitative estimate of drug-likeness (QED) is 0.844. The number of ether oxygens (including phenoxy) is 2. The van der Waals surface area contributed by atoms with Gasteiger partial charge in [0, 0.05) is 12.3 Å². The fraction of sp³-hybridized carbons (Fsp3) is 0.353. The van der Waals surface area contributed by atoms with Gasteiger partial charge in [0.05, 0.1) is 5.56 Å². The van der Waals surface area contributed by atoms with Crippen molar-refractivity contribution in [2.75, 3.05) is 0 Å². The van der Waals surface area contributed by atoms with E-state index < -0.39 is 41.8 Å². The van der Waals surface area contributed by atoms with Crippen molar-refractivity contribution in [1.82, 2.24) is 9.55 Å². The number of rotatable bonds is 4. The summed E-state index contributed by atoms with van der Waals surface area (Å²) in [5, 5.41) is 0. The molecule has 132 valence electrons. The Morgan fingerprint density at radius 3 is 2.64 bits per heavy atom. The van der Waals surface area contributed by atoms with Gasteiger partial charge < -0.3 is 9.47 Å². The van der Waals surface area contributed by atoms with E-state index in [4.69, 9.17) is 9.47 Å². The number of carbonyl (C=O) groups excluding carboxylic acids is 1. The van der Waals surface area contributed by atoms with Gasteiger partial charge in [0.1, 0.15) is 6.10 Å². The average molecular weight is 348 g/mol. The van der Waals surface area contributed by atoms with E-state index in [1.54, 1.807) is 37.3 Å². The molecule has 25 heavy (non-hydrogen) atoms. The third-order valence-electron chi connectivity index (χ3n) is 4.05. The maximum absolute atomic E-state index is 14.9. The highest BCUT2D eigenvalue weighted by Crippen LogP contribution is 2.34. The molecule has 1 fully saturated rings. The topological polar surface area (TPSA) is 90.4 Å². The van der Waals surface area contributed by atoms with Crippen LogP contribution in [0.25, 0.3) is 0 Å². The van der Waals surface area contributed by atoms with Gasteiger partial charge >= 0.3 is 11.7 Å². The van der Waals surface area contributed by atoms with E-state index in [0.717, 1.165) is 16.8 Å². The Morgan fingerprint density at radius 2 is 2.00 bits per heavy atom. The number of hydrogen-bond acceptors (Lipinski definition) is 5. The van der Waals surface area contributed by atoms with Crippen molar-refractivity contribution in [2.45, 2.75) is 38.0 Å².